The van der Waals surface area contributed by atoms with Crippen molar-refractivity contribution in [2.24, 2.45) is 0 Å². The van der Waals surface area contributed by atoms with Gasteiger partial charge in [0.1, 0.15) is 5.82 Å². The first kappa shape index (κ1) is 19.4. The highest BCUT2D eigenvalue weighted by molar-refractivity contribution is 5.80. The lowest BCUT2D eigenvalue weighted by atomic mass is 10.0. The molecule has 1 aromatic carbocycles. The fourth-order valence-corrected chi connectivity index (χ4v) is 3.99. The number of aryl methyl sites for hydroxylation is 1. The van der Waals surface area contributed by atoms with Gasteiger partial charge in [-0.2, -0.15) is 5.10 Å². The Balaban J connectivity index is 1.48. The first-order valence-electron chi connectivity index (χ1n) is 10.3. The van der Waals surface area contributed by atoms with E-state index in [4.69, 9.17) is 0 Å². The minimum atomic E-state index is -0.267. The van der Waals surface area contributed by atoms with E-state index in [1.54, 1.807) is 4.90 Å². The zero-order valence-corrected chi connectivity index (χ0v) is 17.0. The van der Waals surface area contributed by atoms with Crippen LogP contribution in [0.5, 0.6) is 0 Å². The van der Waals surface area contributed by atoms with Gasteiger partial charge in [0.15, 0.2) is 5.82 Å². The maximum absolute atomic E-state index is 13.2. The Bertz CT molecular complexity index is 879. The number of aromatic nitrogens is 3. The number of carbonyl (C=O) groups is 2. The summed E-state index contributed by atoms with van der Waals surface area (Å²) in [5.41, 5.74) is 0.975. The average Bonchev–Trinajstić information content (AvgIpc) is 3.04. The monoisotopic (exact) mass is 396 g/mol. The molecule has 2 atom stereocenters. The molecule has 2 aliphatic rings. The summed E-state index contributed by atoms with van der Waals surface area (Å²) < 4.78 is 1.92. The smallest absolute Gasteiger partial charge is 0.318 e. The van der Waals surface area contributed by atoms with Gasteiger partial charge in [0.05, 0.1) is 25.0 Å². The molecule has 3 heterocycles. The van der Waals surface area contributed by atoms with Crippen LogP contribution in [-0.4, -0.2) is 50.7 Å². The van der Waals surface area contributed by atoms with Crippen LogP contribution in [0.3, 0.4) is 0 Å². The Morgan fingerprint density at radius 1 is 1.28 bits per heavy atom. The molecule has 2 aromatic rings. The molecule has 8 nitrogen and oxygen atoms in total. The molecule has 4 rings (SSSR count). The number of hydrogen-bond acceptors (Lipinski definition) is 4. The molecule has 0 aliphatic carbocycles. The third kappa shape index (κ3) is 4.26. The summed E-state index contributed by atoms with van der Waals surface area (Å²) in [5.74, 6) is 2.11. The van der Waals surface area contributed by atoms with Gasteiger partial charge in [0.25, 0.3) is 0 Å². The number of rotatable bonds is 3. The van der Waals surface area contributed by atoms with Crippen molar-refractivity contribution in [2.45, 2.75) is 57.7 Å². The highest BCUT2D eigenvalue weighted by atomic mass is 16.2. The minimum absolute atomic E-state index is 0.0000457. The maximum atomic E-state index is 13.2. The standard InChI is InChI=1S/C21H28N6O2/c1-14(2)20-24-18-9-8-16(13-27(18)25-20)23-21(29)26-11-10-22-19(28)12-17(26)15-6-4-3-5-7-15/h3-7,14,16-17H,8-13H2,1-2H3,(H,22,28)(H,23,29). The predicted molar refractivity (Wildman–Crippen MR) is 108 cm³/mol. The van der Waals surface area contributed by atoms with Crippen molar-refractivity contribution in [1.82, 2.24) is 30.3 Å². The van der Waals surface area contributed by atoms with E-state index in [0.29, 0.717) is 19.6 Å². The molecule has 8 heteroatoms. The predicted octanol–water partition coefficient (Wildman–Crippen LogP) is 1.99. The summed E-state index contributed by atoms with van der Waals surface area (Å²) >= 11 is 0. The van der Waals surface area contributed by atoms with Crippen molar-refractivity contribution in [3.05, 3.63) is 47.5 Å². The second kappa shape index (κ2) is 8.23. The Morgan fingerprint density at radius 2 is 2.07 bits per heavy atom. The highest BCUT2D eigenvalue weighted by Crippen LogP contribution is 2.26. The van der Waals surface area contributed by atoms with Crippen molar-refractivity contribution in [3.8, 4) is 0 Å². The van der Waals surface area contributed by atoms with Gasteiger partial charge in [0.2, 0.25) is 5.91 Å². The number of nitrogens with zero attached hydrogens (tertiary/aromatic N) is 4. The van der Waals surface area contributed by atoms with E-state index in [1.807, 2.05) is 35.0 Å². The lowest BCUT2D eigenvalue weighted by molar-refractivity contribution is -0.121. The lowest BCUT2D eigenvalue weighted by Crippen LogP contribution is -2.49. The van der Waals surface area contributed by atoms with E-state index < -0.39 is 0 Å². The second-order valence-corrected chi connectivity index (χ2v) is 8.08. The molecular formula is C21H28N6O2. The summed E-state index contributed by atoms with van der Waals surface area (Å²) in [4.78, 5) is 31.7. The molecule has 0 spiro atoms. The zero-order chi connectivity index (χ0) is 20.4. The largest absolute Gasteiger partial charge is 0.354 e. The molecule has 2 aliphatic heterocycles. The minimum Gasteiger partial charge on any atom is -0.354 e. The first-order chi connectivity index (χ1) is 14.0. The van der Waals surface area contributed by atoms with Crippen LogP contribution in [0.4, 0.5) is 4.79 Å². The van der Waals surface area contributed by atoms with Crippen molar-refractivity contribution >= 4 is 11.9 Å². The van der Waals surface area contributed by atoms with Gasteiger partial charge in [-0.15, -0.1) is 0 Å². The average molecular weight is 396 g/mol. The second-order valence-electron chi connectivity index (χ2n) is 8.08. The Kier molecular flexibility index (Phi) is 5.51. The summed E-state index contributed by atoms with van der Waals surface area (Å²) in [5, 5.41) is 10.6. The molecule has 2 unspecified atom stereocenters. The fraction of sp³-hybridized carbons (Fsp3) is 0.524. The van der Waals surface area contributed by atoms with Crippen LogP contribution in [0.15, 0.2) is 30.3 Å². The molecule has 2 N–H and O–H groups in total. The topological polar surface area (TPSA) is 92.2 Å². The Labute approximate surface area is 170 Å². The summed E-state index contributed by atoms with van der Waals surface area (Å²) in [6.45, 7) is 5.74. The Hall–Kier alpha value is -2.90. The highest BCUT2D eigenvalue weighted by Gasteiger charge is 2.32. The number of nitrogens with one attached hydrogen (secondary N) is 2. The third-order valence-electron chi connectivity index (χ3n) is 5.59. The summed E-state index contributed by atoms with van der Waals surface area (Å²) in [6, 6.07) is 9.36. The van der Waals surface area contributed by atoms with Crippen molar-refractivity contribution < 1.29 is 9.59 Å². The molecule has 3 amide bonds. The number of urea groups is 1. The molecule has 0 saturated carbocycles. The molecule has 1 fully saturated rings. The SMILES string of the molecule is CC(C)c1nc2n(n1)CC(NC(=O)N1CCNC(=O)CC1c1ccccc1)CC2. The number of fused-ring (bicyclic) bond motifs is 1. The van der Waals surface area contributed by atoms with E-state index in [0.717, 1.165) is 30.1 Å². The van der Waals surface area contributed by atoms with Crippen LogP contribution < -0.4 is 10.6 Å². The molecule has 154 valence electrons. The van der Waals surface area contributed by atoms with Gasteiger partial charge in [0, 0.05) is 25.4 Å². The van der Waals surface area contributed by atoms with Gasteiger partial charge >= 0.3 is 6.03 Å². The van der Waals surface area contributed by atoms with Crippen LogP contribution in [0, 0.1) is 0 Å². The molecule has 1 saturated heterocycles. The van der Waals surface area contributed by atoms with Gasteiger partial charge in [-0.3, -0.25) is 4.79 Å². The molecular weight excluding hydrogens is 368 g/mol. The summed E-state index contributed by atoms with van der Waals surface area (Å²) in [6.07, 6.45) is 1.91. The number of benzene rings is 1. The van der Waals surface area contributed by atoms with E-state index in [-0.39, 0.29) is 36.4 Å². The van der Waals surface area contributed by atoms with Crippen LogP contribution in [0.25, 0.3) is 0 Å². The van der Waals surface area contributed by atoms with E-state index in [2.05, 4.69) is 34.6 Å². The normalized spacial score (nSPS) is 22.0. The molecule has 0 radical (unpaired) electrons. The van der Waals surface area contributed by atoms with Crippen LogP contribution >= 0.6 is 0 Å². The van der Waals surface area contributed by atoms with Gasteiger partial charge in [-0.1, -0.05) is 44.2 Å². The fourth-order valence-electron chi connectivity index (χ4n) is 3.99. The number of amides is 3. The van der Waals surface area contributed by atoms with Crippen LogP contribution in [-0.2, 0) is 17.8 Å². The van der Waals surface area contributed by atoms with Crippen LogP contribution in [0.1, 0.15) is 55.9 Å². The quantitative estimate of drug-likeness (QED) is 0.830. The maximum Gasteiger partial charge on any atom is 0.318 e. The van der Waals surface area contributed by atoms with Crippen molar-refractivity contribution in [3.63, 3.8) is 0 Å². The number of carbonyl (C=O) groups excluding carboxylic acids is 2. The Morgan fingerprint density at radius 3 is 2.83 bits per heavy atom. The van der Waals surface area contributed by atoms with Crippen LogP contribution in [0.2, 0.25) is 0 Å². The van der Waals surface area contributed by atoms with Crippen molar-refractivity contribution in [2.75, 3.05) is 13.1 Å². The van der Waals surface area contributed by atoms with Gasteiger partial charge in [-0.25, -0.2) is 14.5 Å². The number of hydrogen-bond donors (Lipinski definition) is 2. The lowest BCUT2D eigenvalue weighted by Gasteiger charge is -2.32. The molecule has 29 heavy (non-hydrogen) atoms. The van der Waals surface area contributed by atoms with Crippen molar-refractivity contribution in [1.29, 1.82) is 0 Å². The van der Waals surface area contributed by atoms with Gasteiger partial charge in [-0.05, 0) is 12.0 Å². The molecule has 1 aromatic heterocycles. The third-order valence-corrected chi connectivity index (χ3v) is 5.59. The summed E-state index contributed by atoms with van der Waals surface area (Å²) in [7, 11) is 0. The van der Waals surface area contributed by atoms with E-state index in [1.165, 1.54) is 0 Å². The van der Waals surface area contributed by atoms with E-state index in [9.17, 15) is 9.59 Å². The zero-order valence-electron chi connectivity index (χ0n) is 17.0. The van der Waals surface area contributed by atoms with Gasteiger partial charge < -0.3 is 15.5 Å². The van der Waals surface area contributed by atoms with E-state index >= 15 is 0 Å². The first-order valence-corrected chi connectivity index (χ1v) is 10.3. The molecule has 0 bridgehead atoms.